The predicted molar refractivity (Wildman–Crippen MR) is 54.7 cm³/mol. The number of carboxylic acid groups (broad SMARTS) is 1. The van der Waals surface area contributed by atoms with Crippen LogP contribution < -0.4 is 0 Å². The van der Waals surface area contributed by atoms with E-state index < -0.39 is 23.4 Å². The van der Waals surface area contributed by atoms with E-state index in [-0.39, 0.29) is 17.9 Å². The largest absolute Gasteiger partial charge is 0.478 e. The van der Waals surface area contributed by atoms with Gasteiger partial charge < -0.3 is 5.11 Å². The fourth-order valence-electron chi connectivity index (χ4n) is 1.57. The molecule has 0 aliphatic rings. The first-order valence-electron chi connectivity index (χ1n) is 5.01. The molecule has 0 saturated carbocycles. The van der Waals surface area contributed by atoms with Crippen molar-refractivity contribution in [1.82, 2.24) is 4.98 Å². The molecule has 0 amide bonds. The minimum atomic E-state index is -4.75. The molecule has 1 aromatic heterocycles. The van der Waals surface area contributed by atoms with E-state index in [0.29, 0.717) is 0 Å². The van der Waals surface area contributed by atoms with E-state index in [0.717, 1.165) is 6.20 Å². The average Bonchev–Trinajstić information content (AvgIpc) is 2.14. The molecule has 6 heteroatoms. The molecule has 3 nitrogen and oxygen atoms in total. The molecule has 0 fully saturated rings. The summed E-state index contributed by atoms with van der Waals surface area (Å²) in [6.45, 7) is 3.61. The molecule has 0 spiro atoms. The highest BCUT2D eigenvalue weighted by atomic mass is 19.4. The lowest BCUT2D eigenvalue weighted by Crippen LogP contribution is -2.18. The van der Waals surface area contributed by atoms with Crippen LogP contribution in [-0.2, 0) is 12.6 Å². The zero-order valence-corrected chi connectivity index (χ0v) is 9.38. The van der Waals surface area contributed by atoms with Crippen molar-refractivity contribution in [2.24, 2.45) is 5.92 Å². The maximum Gasteiger partial charge on any atom is 0.434 e. The van der Waals surface area contributed by atoms with E-state index >= 15 is 0 Å². The summed E-state index contributed by atoms with van der Waals surface area (Å²) < 4.78 is 37.8. The molecular weight excluding hydrogens is 235 g/mol. The van der Waals surface area contributed by atoms with Gasteiger partial charge in [-0.05, 0) is 24.0 Å². The second-order valence-electron chi connectivity index (χ2n) is 4.09. The van der Waals surface area contributed by atoms with Crippen LogP contribution in [0.5, 0.6) is 0 Å². The SMILES string of the molecule is CC(C)Cc1ccnc(C(F)(F)F)c1C(=O)O. The van der Waals surface area contributed by atoms with Crippen LogP contribution in [0, 0.1) is 5.92 Å². The van der Waals surface area contributed by atoms with Gasteiger partial charge in [-0.25, -0.2) is 4.79 Å². The van der Waals surface area contributed by atoms with E-state index in [1.54, 1.807) is 13.8 Å². The molecule has 0 aliphatic carbocycles. The lowest BCUT2D eigenvalue weighted by molar-refractivity contribution is -0.141. The first-order valence-corrected chi connectivity index (χ1v) is 5.01. The highest BCUT2D eigenvalue weighted by Gasteiger charge is 2.38. The van der Waals surface area contributed by atoms with Crippen molar-refractivity contribution in [3.05, 3.63) is 29.1 Å². The number of aromatic nitrogens is 1. The molecule has 1 heterocycles. The number of nitrogens with zero attached hydrogens (tertiary/aromatic N) is 1. The van der Waals surface area contributed by atoms with Gasteiger partial charge in [0, 0.05) is 6.20 Å². The van der Waals surface area contributed by atoms with Crippen molar-refractivity contribution >= 4 is 5.97 Å². The molecule has 0 unspecified atom stereocenters. The van der Waals surface area contributed by atoms with Crippen molar-refractivity contribution < 1.29 is 23.1 Å². The zero-order chi connectivity index (χ0) is 13.2. The first kappa shape index (κ1) is 13.5. The van der Waals surface area contributed by atoms with E-state index in [4.69, 9.17) is 5.11 Å². The van der Waals surface area contributed by atoms with Crippen molar-refractivity contribution in [3.8, 4) is 0 Å². The minimum Gasteiger partial charge on any atom is -0.478 e. The number of aromatic carboxylic acids is 1. The summed E-state index contributed by atoms with van der Waals surface area (Å²) in [5.41, 5.74) is -1.91. The molecular formula is C11H12F3NO2. The van der Waals surface area contributed by atoms with Gasteiger partial charge in [0.2, 0.25) is 0 Å². The smallest absolute Gasteiger partial charge is 0.434 e. The molecule has 0 bridgehead atoms. The maximum absolute atomic E-state index is 12.6. The van der Waals surface area contributed by atoms with Gasteiger partial charge in [0.15, 0.2) is 5.69 Å². The fraction of sp³-hybridized carbons (Fsp3) is 0.455. The summed E-state index contributed by atoms with van der Waals surface area (Å²) in [4.78, 5) is 14.1. The Labute approximate surface area is 96.3 Å². The number of hydrogen-bond donors (Lipinski definition) is 1. The summed E-state index contributed by atoms with van der Waals surface area (Å²) in [7, 11) is 0. The number of carboxylic acids is 1. The second-order valence-corrected chi connectivity index (χ2v) is 4.09. The summed E-state index contributed by atoms with van der Waals surface area (Å²) in [5, 5.41) is 8.88. The topological polar surface area (TPSA) is 50.2 Å². The summed E-state index contributed by atoms with van der Waals surface area (Å²) in [6.07, 6.45) is -3.49. The number of halogens is 3. The van der Waals surface area contributed by atoms with Crippen molar-refractivity contribution in [2.75, 3.05) is 0 Å². The number of pyridine rings is 1. The van der Waals surface area contributed by atoms with E-state index in [9.17, 15) is 18.0 Å². The van der Waals surface area contributed by atoms with Crippen LogP contribution >= 0.6 is 0 Å². The van der Waals surface area contributed by atoms with Crippen molar-refractivity contribution in [1.29, 1.82) is 0 Å². The Morgan fingerprint density at radius 2 is 2.06 bits per heavy atom. The minimum absolute atomic E-state index is 0.0663. The molecule has 17 heavy (non-hydrogen) atoms. The van der Waals surface area contributed by atoms with Gasteiger partial charge in [0.25, 0.3) is 0 Å². The molecule has 0 radical (unpaired) electrons. The van der Waals surface area contributed by atoms with Gasteiger partial charge in [0.05, 0.1) is 5.56 Å². The Morgan fingerprint density at radius 1 is 1.47 bits per heavy atom. The highest BCUT2D eigenvalue weighted by molar-refractivity contribution is 5.90. The van der Waals surface area contributed by atoms with Gasteiger partial charge in [-0.1, -0.05) is 13.8 Å². The summed E-state index contributed by atoms with van der Waals surface area (Å²) in [6, 6.07) is 1.32. The molecule has 1 rings (SSSR count). The van der Waals surface area contributed by atoms with Crippen LogP contribution in [-0.4, -0.2) is 16.1 Å². The van der Waals surface area contributed by atoms with E-state index in [1.165, 1.54) is 6.07 Å². The maximum atomic E-state index is 12.6. The number of alkyl halides is 3. The van der Waals surface area contributed by atoms with Gasteiger partial charge in [0.1, 0.15) is 0 Å². The van der Waals surface area contributed by atoms with Crippen molar-refractivity contribution in [3.63, 3.8) is 0 Å². The lowest BCUT2D eigenvalue weighted by Gasteiger charge is -2.13. The Hall–Kier alpha value is -1.59. The third-order valence-corrected chi connectivity index (χ3v) is 2.15. The molecule has 1 aromatic rings. The Morgan fingerprint density at radius 3 is 2.47 bits per heavy atom. The zero-order valence-electron chi connectivity index (χ0n) is 9.38. The first-order chi connectivity index (χ1) is 7.73. The van der Waals surface area contributed by atoms with Crippen LogP contribution in [0.15, 0.2) is 12.3 Å². The van der Waals surface area contributed by atoms with Gasteiger partial charge in [-0.15, -0.1) is 0 Å². The van der Waals surface area contributed by atoms with Crippen LogP contribution in [0.25, 0.3) is 0 Å². The number of rotatable bonds is 3. The van der Waals surface area contributed by atoms with Crippen molar-refractivity contribution in [2.45, 2.75) is 26.4 Å². The molecule has 0 aromatic carbocycles. The predicted octanol–water partition coefficient (Wildman–Crippen LogP) is 3.00. The monoisotopic (exact) mass is 247 g/mol. The Balaban J connectivity index is 3.38. The summed E-state index contributed by atoms with van der Waals surface area (Å²) >= 11 is 0. The van der Waals surface area contributed by atoms with E-state index in [2.05, 4.69) is 4.98 Å². The molecule has 1 N–H and O–H groups in total. The van der Waals surface area contributed by atoms with E-state index in [1.807, 2.05) is 0 Å². The average molecular weight is 247 g/mol. The third kappa shape index (κ3) is 3.18. The second kappa shape index (κ2) is 4.73. The van der Waals surface area contributed by atoms with Crippen LogP contribution in [0.4, 0.5) is 13.2 Å². The molecule has 94 valence electrons. The van der Waals surface area contributed by atoms with Crippen LogP contribution in [0.2, 0.25) is 0 Å². The quantitative estimate of drug-likeness (QED) is 0.893. The van der Waals surface area contributed by atoms with Gasteiger partial charge in [-0.3, -0.25) is 4.98 Å². The third-order valence-electron chi connectivity index (χ3n) is 2.15. The molecule has 0 aliphatic heterocycles. The Kier molecular flexibility index (Phi) is 3.75. The molecule has 0 saturated heterocycles. The number of hydrogen-bond acceptors (Lipinski definition) is 2. The normalized spacial score (nSPS) is 11.9. The fourth-order valence-corrected chi connectivity index (χ4v) is 1.57. The summed E-state index contributed by atoms with van der Waals surface area (Å²) in [5.74, 6) is -1.53. The van der Waals surface area contributed by atoms with Crippen LogP contribution in [0.1, 0.15) is 35.5 Å². The van der Waals surface area contributed by atoms with Gasteiger partial charge in [-0.2, -0.15) is 13.2 Å². The van der Waals surface area contributed by atoms with Gasteiger partial charge >= 0.3 is 12.1 Å². The highest BCUT2D eigenvalue weighted by Crippen LogP contribution is 2.32. The number of carbonyl (C=O) groups is 1. The Bertz CT molecular complexity index is 427. The molecule has 0 atom stereocenters. The standard InChI is InChI=1S/C11H12F3NO2/c1-6(2)5-7-3-4-15-9(11(12,13)14)8(7)10(16)17/h3-4,6H,5H2,1-2H3,(H,16,17). The lowest BCUT2D eigenvalue weighted by atomic mass is 9.97. The van der Waals surface area contributed by atoms with Crippen LogP contribution in [0.3, 0.4) is 0 Å².